The van der Waals surface area contributed by atoms with Gasteiger partial charge in [-0.15, -0.1) is 0 Å². The fourth-order valence-electron chi connectivity index (χ4n) is 2.03. The van der Waals surface area contributed by atoms with Gasteiger partial charge in [0.2, 0.25) is 0 Å². The van der Waals surface area contributed by atoms with Crippen LogP contribution in [-0.4, -0.2) is 30.8 Å². The van der Waals surface area contributed by atoms with Crippen molar-refractivity contribution in [3.05, 3.63) is 12.0 Å². The summed E-state index contributed by atoms with van der Waals surface area (Å²) in [5.41, 5.74) is 6.12. The molecule has 2 heterocycles. The van der Waals surface area contributed by atoms with Crippen molar-refractivity contribution in [1.82, 2.24) is 19.7 Å². The Morgan fingerprint density at radius 1 is 1.44 bits per heavy atom. The van der Waals surface area contributed by atoms with Gasteiger partial charge in [0.25, 0.3) is 0 Å². The first-order valence-electron chi connectivity index (χ1n) is 5.82. The highest BCUT2D eigenvalue weighted by atomic mass is 16.4. The van der Waals surface area contributed by atoms with E-state index in [2.05, 4.69) is 15.1 Å². The first-order chi connectivity index (χ1) is 8.60. The van der Waals surface area contributed by atoms with Gasteiger partial charge in [-0.25, -0.2) is 19.4 Å². The monoisotopic (exact) mass is 249 g/mol. The van der Waals surface area contributed by atoms with E-state index in [4.69, 9.17) is 10.8 Å². The third kappa shape index (κ3) is 1.77. The molecule has 3 N–H and O–H groups in total. The van der Waals surface area contributed by atoms with E-state index >= 15 is 0 Å². The van der Waals surface area contributed by atoms with Crippen LogP contribution in [0.3, 0.4) is 0 Å². The van der Waals surface area contributed by atoms with Crippen molar-refractivity contribution in [2.75, 3.05) is 5.73 Å². The van der Waals surface area contributed by atoms with Gasteiger partial charge in [0.15, 0.2) is 11.3 Å². The maximum absolute atomic E-state index is 11.2. The number of hydrogen-bond acceptors (Lipinski definition) is 5. The van der Waals surface area contributed by atoms with Crippen LogP contribution in [0.15, 0.2) is 6.33 Å². The molecule has 0 aliphatic carbocycles. The highest BCUT2D eigenvalue weighted by Crippen LogP contribution is 2.26. The average molecular weight is 249 g/mol. The summed E-state index contributed by atoms with van der Waals surface area (Å²) in [4.78, 5) is 19.1. The number of carbonyl (C=O) groups is 1. The predicted molar refractivity (Wildman–Crippen MR) is 66.3 cm³/mol. The highest BCUT2D eigenvalue weighted by molar-refractivity contribution is 6.04. The normalized spacial score (nSPS) is 11.3. The van der Waals surface area contributed by atoms with E-state index in [1.54, 1.807) is 4.68 Å². The molecule has 96 valence electrons. The Kier molecular flexibility index (Phi) is 3.14. The Balaban J connectivity index is 2.76. The molecular weight excluding hydrogens is 234 g/mol. The van der Waals surface area contributed by atoms with E-state index in [0.29, 0.717) is 11.0 Å². The predicted octanol–water partition coefficient (Wildman–Crippen LogP) is 1.47. The van der Waals surface area contributed by atoms with Crippen LogP contribution in [0.4, 0.5) is 5.82 Å². The summed E-state index contributed by atoms with van der Waals surface area (Å²) in [5.74, 6) is -0.971. The van der Waals surface area contributed by atoms with E-state index < -0.39 is 5.97 Å². The standard InChI is InChI=1S/C11H15N5O2/c1-3-6(4-2)16-10-7(8(15-16)11(17)18)9(12)13-5-14-10/h5-6H,3-4H2,1-2H3,(H,17,18)(H2,12,13,14). The summed E-state index contributed by atoms with van der Waals surface area (Å²) in [6, 6.07) is 0.106. The molecule has 18 heavy (non-hydrogen) atoms. The summed E-state index contributed by atoms with van der Waals surface area (Å²) in [6.07, 6.45) is 3.01. The summed E-state index contributed by atoms with van der Waals surface area (Å²) in [7, 11) is 0. The van der Waals surface area contributed by atoms with Crippen molar-refractivity contribution < 1.29 is 9.90 Å². The molecule has 2 rings (SSSR count). The Morgan fingerprint density at radius 3 is 2.67 bits per heavy atom. The number of aromatic nitrogens is 4. The summed E-state index contributed by atoms with van der Waals surface area (Å²) in [6.45, 7) is 4.04. The molecule has 0 spiro atoms. The molecule has 0 fully saturated rings. The molecule has 0 radical (unpaired) electrons. The average Bonchev–Trinajstić information content (AvgIpc) is 2.72. The number of nitrogens with zero attached hydrogens (tertiary/aromatic N) is 4. The zero-order valence-electron chi connectivity index (χ0n) is 10.3. The van der Waals surface area contributed by atoms with Gasteiger partial charge >= 0.3 is 5.97 Å². The molecule has 7 heteroatoms. The molecule has 7 nitrogen and oxygen atoms in total. The zero-order valence-corrected chi connectivity index (χ0v) is 10.3. The minimum Gasteiger partial charge on any atom is -0.476 e. The smallest absolute Gasteiger partial charge is 0.357 e. The van der Waals surface area contributed by atoms with Crippen LogP contribution in [0.1, 0.15) is 43.2 Å². The first kappa shape index (κ1) is 12.3. The van der Waals surface area contributed by atoms with E-state index in [1.165, 1.54) is 6.33 Å². The van der Waals surface area contributed by atoms with Gasteiger partial charge in [-0.3, -0.25) is 0 Å². The van der Waals surface area contributed by atoms with Crippen molar-refractivity contribution in [3.63, 3.8) is 0 Å². The summed E-state index contributed by atoms with van der Waals surface area (Å²) >= 11 is 0. The number of nitrogens with two attached hydrogens (primary N) is 1. The van der Waals surface area contributed by atoms with Gasteiger partial charge in [-0.05, 0) is 12.8 Å². The SMILES string of the molecule is CCC(CC)n1nc(C(=O)O)c2c(N)ncnc21. The fraction of sp³-hybridized carbons (Fsp3) is 0.455. The third-order valence-corrected chi connectivity index (χ3v) is 3.01. The molecule has 0 aliphatic heterocycles. The van der Waals surface area contributed by atoms with Crippen molar-refractivity contribution in [3.8, 4) is 0 Å². The number of anilines is 1. The lowest BCUT2D eigenvalue weighted by atomic mass is 10.2. The lowest BCUT2D eigenvalue weighted by Crippen LogP contribution is -2.10. The van der Waals surface area contributed by atoms with E-state index in [0.717, 1.165) is 12.8 Å². The van der Waals surface area contributed by atoms with Crippen LogP contribution >= 0.6 is 0 Å². The van der Waals surface area contributed by atoms with Gasteiger partial charge < -0.3 is 10.8 Å². The fourth-order valence-corrected chi connectivity index (χ4v) is 2.03. The molecular formula is C11H15N5O2. The van der Waals surface area contributed by atoms with Crippen LogP contribution in [0.5, 0.6) is 0 Å². The second kappa shape index (κ2) is 4.59. The number of fused-ring (bicyclic) bond motifs is 1. The lowest BCUT2D eigenvalue weighted by molar-refractivity contribution is 0.0691. The summed E-state index contributed by atoms with van der Waals surface area (Å²) in [5, 5.41) is 13.6. The molecule has 0 saturated heterocycles. The second-order valence-corrected chi connectivity index (χ2v) is 4.03. The minimum absolute atomic E-state index is 0.0880. The van der Waals surface area contributed by atoms with Crippen LogP contribution in [-0.2, 0) is 0 Å². The second-order valence-electron chi connectivity index (χ2n) is 4.03. The maximum Gasteiger partial charge on any atom is 0.357 e. The van der Waals surface area contributed by atoms with Crippen LogP contribution in [0, 0.1) is 0 Å². The van der Waals surface area contributed by atoms with Crippen molar-refractivity contribution in [1.29, 1.82) is 0 Å². The number of rotatable bonds is 4. The quantitative estimate of drug-likeness (QED) is 0.849. The topological polar surface area (TPSA) is 107 Å². The van der Waals surface area contributed by atoms with Gasteiger partial charge in [0.05, 0.1) is 11.4 Å². The highest BCUT2D eigenvalue weighted by Gasteiger charge is 2.22. The number of carboxylic acids is 1. The number of carboxylic acid groups (broad SMARTS) is 1. The Bertz CT molecular complexity index is 588. The first-order valence-corrected chi connectivity index (χ1v) is 5.82. The molecule has 2 aromatic heterocycles. The zero-order chi connectivity index (χ0) is 13.3. The minimum atomic E-state index is -1.12. The summed E-state index contributed by atoms with van der Waals surface area (Å²) < 4.78 is 1.64. The molecule has 0 amide bonds. The third-order valence-electron chi connectivity index (χ3n) is 3.01. The van der Waals surface area contributed by atoms with Gasteiger partial charge in [-0.1, -0.05) is 13.8 Å². The van der Waals surface area contributed by atoms with Crippen molar-refractivity contribution in [2.24, 2.45) is 0 Å². The maximum atomic E-state index is 11.2. The van der Waals surface area contributed by atoms with E-state index in [-0.39, 0.29) is 17.6 Å². The number of aromatic carboxylic acids is 1. The van der Waals surface area contributed by atoms with Gasteiger partial charge in [-0.2, -0.15) is 5.10 Å². The van der Waals surface area contributed by atoms with Gasteiger partial charge in [0.1, 0.15) is 12.1 Å². The van der Waals surface area contributed by atoms with E-state index in [1.807, 2.05) is 13.8 Å². The van der Waals surface area contributed by atoms with Crippen molar-refractivity contribution in [2.45, 2.75) is 32.7 Å². The molecule has 0 atom stereocenters. The molecule has 0 bridgehead atoms. The molecule has 0 saturated carbocycles. The Morgan fingerprint density at radius 2 is 2.11 bits per heavy atom. The van der Waals surface area contributed by atoms with Crippen molar-refractivity contribution >= 4 is 22.8 Å². The Hall–Kier alpha value is -2.18. The van der Waals surface area contributed by atoms with Crippen LogP contribution in [0.25, 0.3) is 11.0 Å². The molecule has 0 aliphatic rings. The lowest BCUT2D eigenvalue weighted by Gasteiger charge is -2.13. The van der Waals surface area contributed by atoms with E-state index in [9.17, 15) is 4.79 Å². The Labute approximate surface area is 104 Å². The van der Waals surface area contributed by atoms with Crippen LogP contribution in [0.2, 0.25) is 0 Å². The molecule has 0 unspecified atom stereocenters. The number of nitrogen functional groups attached to an aromatic ring is 1. The largest absolute Gasteiger partial charge is 0.476 e. The number of hydrogen-bond donors (Lipinski definition) is 2. The molecule has 0 aromatic carbocycles. The van der Waals surface area contributed by atoms with Gasteiger partial charge in [0, 0.05) is 0 Å². The molecule has 2 aromatic rings. The van der Waals surface area contributed by atoms with Crippen LogP contribution < -0.4 is 5.73 Å².